The second kappa shape index (κ2) is 10.3. The van der Waals surface area contributed by atoms with Crippen LogP contribution in [0.2, 0.25) is 0 Å². The molecule has 0 aromatic rings. The molecule has 1 radical (unpaired) electrons. The van der Waals surface area contributed by atoms with E-state index in [0.717, 1.165) is 12.8 Å². The molecule has 0 amide bonds. The fraction of sp³-hybridized carbons (Fsp3) is 1.00. The van der Waals surface area contributed by atoms with Gasteiger partial charge in [0.1, 0.15) is 0 Å². The molecule has 0 aromatic heterocycles. The lowest BCUT2D eigenvalue weighted by Crippen LogP contribution is -2.38. The second-order valence-electron chi connectivity index (χ2n) is 2.98. The summed E-state index contributed by atoms with van der Waals surface area (Å²) in [7, 11) is 3.08. The summed E-state index contributed by atoms with van der Waals surface area (Å²) in [5.74, 6) is 0. The number of rotatable bonds is 10. The van der Waals surface area contributed by atoms with Gasteiger partial charge < -0.3 is 18.9 Å². The molecule has 15 heavy (non-hydrogen) atoms. The molecule has 0 heterocycles. The van der Waals surface area contributed by atoms with Crippen molar-refractivity contribution in [2.24, 2.45) is 0 Å². The Morgan fingerprint density at radius 1 is 0.867 bits per heavy atom. The lowest BCUT2D eigenvalue weighted by Gasteiger charge is -2.21. The van der Waals surface area contributed by atoms with Crippen molar-refractivity contribution in [3.05, 3.63) is 0 Å². The van der Waals surface area contributed by atoms with Crippen molar-refractivity contribution >= 4 is 0 Å². The summed E-state index contributed by atoms with van der Waals surface area (Å²) in [6.45, 7) is 5.25. The van der Waals surface area contributed by atoms with Gasteiger partial charge in [-0.05, 0) is 12.8 Å². The smallest absolute Gasteiger partial charge is 0.236 e. The number of hydrogen-bond donors (Lipinski definition) is 0. The Hall–Kier alpha value is -0.200. The highest BCUT2D eigenvalue weighted by Gasteiger charge is 2.16. The zero-order chi connectivity index (χ0) is 11.5. The van der Waals surface area contributed by atoms with Crippen LogP contribution in [0, 0.1) is 0 Å². The lowest BCUT2D eigenvalue weighted by atomic mass is 10.5. The SMILES string of the molecule is CCCOC([N]C(OC)OCCC)OC. The predicted molar refractivity (Wildman–Crippen MR) is 56.2 cm³/mol. The first-order chi connectivity index (χ1) is 7.28. The van der Waals surface area contributed by atoms with Crippen LogP contribution < -0.4 is 5.32 Å². The molecule has 0 aromatic carbocycles. The zero-order valence-electron chi connectivity index (χ0n) is 10.1. The molecule has 2 atom stereocenters. The molecule has 91 valence electrons. The van der Waals surface area contributed by atoms with Gasteiger partial charge in [-0.25, -0.2) is 0 Å². The van der Waals surface area contributed by atoms with E-state index < -0.39 is 12.8 Å². The molecule has 2 unspecified atom stereocenters. The normalized spacial score (nSPS) is 15.2. The first-order valence-electron chi connectivity index (χ1n) is 5.27. The third kappa shape index (κ3) is 7.70. The Morgan fingerprint density at radius 3 is 1.53 bits per heavy atom. The summed E-state index contributed by atoms with van der Waals surface area (Å²) in [6.07, 6.45) is 0.601. The van der Waals surface area contributed by atoms with Gasteiger partial charge in [-0.15, -0.1) is 5.32 Å². The quantitative estimate of drug-likeness (QED) is 0.521. The molecule has 0 fully saturated rings. The molecule has 0 aliphatic carbocycles. The molecule has 0 spiro atoms. The number of ether oxygens (including phenoxy) is 4. The Balaban J connectivity index is 3.77. The maximum Gasteiger partial charge on any atom is 0.236 e. The molecular weight excluding hydrogens is 198 g/mol. The second-order valence-corrected chi connectivity index (χ2v) is 2.98. The molecule has 0 bridgehead atoms. The molecule has 0 saturated heterocycles. The number of hydrogen-bond acceptors (Lipinski definition) is 4. The molecular formula is C10H22NO4. The predicted octanol–water partition coefficient (Wildman–Crippen LogP) is 1.30. The van der Waals surface area contributed by atoms with E-state index in [1.165, 1.54) is 14.2 Å². The van der Waals surface area contributed by atoms with Gasteiger partial charge >= 0.3 is 0 Å². The van der Waals surface area contributed by atoms with Crippen molar-refractivity contribution < 1.29 is 18.9 Å². The van der Waals surface area contributed by atoms with Gasteiger partial charge in [0.05, 0.1) is 13.2 Å². The van der Waals surface area contributed by atoms with Crippen molar-refractivity contribution in [2.45, 2.75) is 39.5 Å². The first kappa shape index (κ1) is 14.8. The van der Waals surface area contributed by atoms with E-state index in [9.17, 15) is 0 Å². The van der Waals surface area contributed by atoms with Crippen LogP contribution in [0.25, 0.3) is 0 Å². The molecule has 5 nitrogen and oxygen atoms in total. The maximum absolute atomic E-state index is 5.30. The van der Waals surface area contributed by atoms with Crippen molar-refractivity contribution in [1.82, 2.24) is 5.32 Å². The standard InChI is InChI=1S/C10H22NO4/c1-5-7-14-9(12-3)11-10(13-4)15-8-6-2/h9-10H,5-8H2,1-4H3. The van der Waals surface area contributed by atoms with Crippen molar-refractivity contribution in [3.8, 4) is 0 Å². The summed E-state index contributed by atoms with van der Waals surface area (Å²) in [5.41, 5.74) is 0. The zero-order valence-corrected chi connectivity index (χ0v) is 10.1. The Morgan fingerprint density at radius 2 is 1.27 bits per heavy atom. The monoisotopic (exact) mass is 220 g/mol. The van der Waals surface area contributed by atoms with Gasteiger partial charge in [-0.3, -0.25) is 0 Å². The van der Waals surface area contributed by atoms with Gasteiger partial charge in [-0.2, -0.15) is 0 Å². The van der Waals surface area contributed by atoms with Crippen LogP contribution in [0.5, 0.6) is 0 Å². The minimum absolute atomic E-state index is 0.603. The van der Waals surface area contributed by atoms with Crippen molar-refractivity contribution in [1.29, 1.82) is 0 Å². The van der Waals surface area contributed by atoms with Crippen LogP contribution in [0.4, 0.5) is 0 Å². The summed E-state index contributed by atoms with van der Waals surface area (Å²) in [5, 5.41) is 4.10. The average Bonchev–Trinajstić information content (AvgIpc) is 2.28. The minimum Gasteiger partial charge on any atom is -0.342 e. The third-order valence-corrected chi connectivity index (χ3v) is 1.58. The summed E-state index contributed by atoms with van der Waals surface area (Å²) in [6, 6.07) is 0. The van der Waals surface area contributed by atoms with E-state index >= 15 is 0 Å². The average molecular weight is 220 g/mol. The highest BCUT2D eigenvalue weighted by Crippen LogP contribution is 1.99. The minimum atomic E-state index is -0.619. The van der Waals surface area contributed by atoms with Crippen LogP contribution >= 0.6 is 0 Å². The molecule has 0 aliphatic rings. The third-order valence-electron chi connectivity index (χ3n) is 1.58. The van der Waals surface area contributed by atoms with Gasteiger partial charge in [0.25, 0.3) is 0 Å². The number of methoxy groups -OCH3 is 2. The molecule has 5 heteroatoms. The number of nitrogens with zero attached hydrogens (tertiary/aromatic N) is 1. The van der Waals surface area contributed by atoms with E-state index in [2.05, 4.69) is 5.32 Å². The highest BCUT2D eigenvalue weighted by atomic mass is 16.7. The van der Waals surface area contributed by atoms with Crippen molar-refractivity contribution in [3.63, 3.8) is 0 Å². The van der Waals surface area contributed by atoms with Crippen LogP contribution in [0.3, 0.4) is 0 Å². The van der Waals surface area contributed by atoms with Crippen LogP contribution in [-0.2, 0) is 18.9 Å². The maximum atomic E-state index is 5.30. The van der Waals surface area contributed by atoms with Gasteiger partial charge in [0.2, 0.25) is 12.8 Å². The molecule has 0 saturated carbocycles. The topological polar surface area (TPSA) is 51.0 Å². The van der Waals surface area contributed by atoms with Gasteiger partial charge in [0.15, 0.2) is 0 Å². The fourth-order valence-corrected chi connectivity index (χ4v) is 0.881. The van der Waals surface area contributed by atoms with E-state index in [4.69, 9.17) is 18.9 Å². The summed E-state index contributed by atoms with van der Waals surface area (Å²) < 4.78 is 20.6. The highest BCUT2D eigenvalue weighted by molar-refractivity contribution is 4.42. The summed E-state index contributed by atoms with van der Waals surface area (Å²) >= 11 is 0. The molecule has 0 N–H and O–H groups in total. The Kier molecular flexibility index (Phi) is 10.2. The van der Waals surface area contributed by atoms with E-state index in [1.54, 1.807) is 0 Å². The van der Waals surface area contributed by atoms with Gasteiger partial charge in [0, 0.05) is 14.2 Å². The van der Waals surface area contributed by atoms with Crippen LogP contribution in [0.1, 0.15) is 26.7 Å². The van der Waals surface area contributed by atoms with E-state index in [0.29, 0.717) is 13.2 Å². The lowest BCUT2D eigenvalue weighted by molar-refractivity contribution is -0.225. The molecule has 0 aliphatic heterocycles. The largest absolute Gasteiger partial charge is 0.342 e. The fourth-order valence-electron chi connectivity index (χ4n) is 0.881. The van der Waals surface area contributed by atoms with E-state index in [1.807, 2.05) is 13.8 Å². The summed E-state index contributed by atoms with van der Waals surface area (Å²) in [4.78, 5) is 0. The van der Waals surface area contributed by atoms with Crippen LogP contribution in [-0.4, -0.2) is 40.3 Å². The first-order valence-corrected chi connectivity index (χ1v) is 5.27. The molecule has 0 rings (SSSR count). The Labute approximate surface area is 92.0 Å². The van der Waals surface area contributed by atoms with Gasteiger partial charge in [-0.1, -0.05) is 13.8 Å². The Bertz CT molecular complexity index is 121. The van der Waals surface area contributed by atoms with E-state index in [-0.39, 0.29) is 0 Å². The van der Waals surface area contributed by atoms with Crippen LogP contribution in [0.15, 0.2) is 0 Å². The van der Waals surface area contributed by atoms with Crippen molar-refractivity contribution in [2.75, 3.05) is 27.4 Å².